The summed E-state index contributed by atoms with van der Waals surface area (Å²) in [7, 11) is 1.63. The number of methoxy groups -OCH3 is 1. The van der Waals surface area contributed by atoms with E-state index in [4.69, 9.17) is 14.2 Å². The van der Waals surface area contributed by atoms with Crippen LogP contribution in [0.3, 0.4) is 0 Å². The summed E-state index contributed by atoms with van der Waals surface area (Å²) in [6.45, 7) is 2.97. The van der Waals surface area contributed by atoms with E-state index in [1.165, 1.54) is 6.07 Å². The highest BCUT2D eigenvalue weighted by Crippen LogP contribution is 2.35. The molecule has 3 atom stereocenters. The molecule has 0 bridgehead atoms. The van der Waals surface area contributed by atoms with Gasteiger partial charge in [0.15, 0.2) is 11.6 Å². The third-order valence-corrected chi connectivity index (χ3v) is 4.04. The summed E-state index contributed by atoms with van der Waals surface area (Å²) in [6, 6.07) is 4.86. The molecule has 1 aliphatic rings. The second-order valence-electron chi connectivity index (χ2n) is 4.67. The number of hydrogen-bond acceptors (Lipinski definition) is 3. The maximum absolute atomic E-state index is 13.6. The third kappa shape index (κ3) is 3.68. The van der Waals surface area contributed by atoms with Crippen LogP contribution in [0.5, 0.6) is 5.75 Å². The van der Waals surface area contributed by atoms with E-state index in [1.807, 2.05) is 6.92 Å². The summed E-state index contributed by atoms with van der Waals surface area (Å²) in [5, 5.41) is 0. The van der Waals surface area contributed by atoms with Gasteiger partial charge in [-0.3, -0.25) is 0 Å². The minimum absolute atomic E-state index is 0.0601. The first-order valence-electron chi connectivity index (χ1n) is 6.29. The predicted molar refractivity (Wildman–Crippen MR) is 74.5 cm³/mol. The Labute approximate surface area is 121 Å². The van der Waals surface area contributed by atoms with Gasteiger partial charge in [0.05, 0.1) is 13.2 Å². The Kier molecular flexibility index (Phi) is 5.19. The van der Waals surface area contributed by atoms with Crippen molar-refractivity contribution < 1.29 is 18.6 Å². The molecule has 3 nitrogen and oxygen atoms in total. The molecule has 1 aliphatic carbocycles. The molecular formula is C14H18BrFO3. The molecule has 0 saturated heterocycles. The Hall–Kier alpha value is -0.650. The summed E-state index contributed by atoms with van der Waals surface area (Å²) in [4.78, 5) is 0.252. The highest BCUT2D eigenvalue weighted by atomic mass is 79.9. The van der Waals surface area contributed by atoms with E-state index in [2.05, 4.69) is 15.9 Å². The second kappa shape index (κ2) is 6.68. The van der Waals surface area contributed by atoms with Crippen molar-refractivity contribution in [2.24, 2.45) is 0 Å². The summed E-state index contributed by atoms with van der Waals surface area (Å²) in [5.41, 5.74) is 0.975. The molecule has 0 spiro atoms. The Morgan fingerprint density at radius 1 is 1.37 bits per heavy atom. The van der Waals surface area contributed by atoms with Crippen LogP contribution >= 0.6 is 15.9 Å². The molecule has 2 rings (SSSR count). The zero-order valence-corrected chi connectivity index (χ0v) is 12.7. The van der Waals surface area contributed by atoms with Crippen molar-refractivity contribution in [2.75, 3.05) is 20.3 Å². The zero-order chi connectivity index (χ0) is 13.8. The SMILES string of the molecule is COCCOC1C(Br)CC1Oc1cc(C)ccc1F. The van der Waals surface area contributed by atoms with Crippen molar-refractivity contribution in [3.05, 3.63) is 29.6 Å². The van der Waals surface area contributed by atoms with E-state index < -0.39 is 0 Å². The summed E-state index contributed by atoms with van der Waals surface area (Å²) in [6.07, 6.45) is 0.637. The number of alkyl halides is 1. The molecule has 0 aliphatic heterocycles. The molecule has 106 valence electrons. The Balaban J connectivity index is 1.93. The van der Waals surface area contributed by atoms with E-state index in [1.54, 1.807) is 19.2 Å². The van der Waals surface area contributed by atoms with Crippen molar-refractivity contribution in [3.8, 4) is 5.75 Å². The smallest absolute Gasteiger partial charge is 0.165 e. The van der Waals surface area contributed by atoms with Crippen molar-refractivity contribution in [1.29, 1.82) is 0 Å². The molecule has 1 fully saturated rings. The number of hydrogen-bond donors (Lipinski definition) is 0. The van der Waals surface area contributed by atoms with E-state index in [0.29, 0.717) is 19.0 Å². The summed E-state index contributed by atoms with van der Waals surface area (Å²) < 4.78 is 29.9. The molecule has 19 heavy (non-hydrogen) atoms. The molecule has 1 aromatic carbocycles. The first-order chi connectivity index (χ1) is 9.11. The van der Waals surface area contributed by atoms with Gasteiger partial charge in [0, 0.05) is 18.4 Å². The van der Waals surface area contributed by atoms with Gasteiger partial charge in [-0.05, 0) is 24.6 Å². The number of rotatable bonds is 6. The predicted octanol–water partition coefficient (Wildman–Crippen LogP) is 3.08. The number of aryl methyl sites for hydroxylation is 1. The van der Waals surface area contributed by atoms with E-state index in [-0.39, 0.29) is 22.9 Å². The van der Waals surface area contributed by atoms with Gasteiger partial charge in [0.2, 0.25) is 0 Å². The van der Waals surface area contributed by atoms with Crippen LogP contribution in [0, 0.1) is 12.7 Å². The quantitative estimate of drug-likeness (QED) is 0.592. The van der Waals surface area contributed by atoms with Crippen LogP contribution in [0.2, 0.25) is 0 Å². The van der Waals surface area contributed by atoms with Crippen LogP contribution in [-0.4, -0.2) is 37.4 Å². The normalized spacial score (nSPS) is 26.0. The summed E-state index contributed by atoms with van der Waals surface area (Å²) in [5.74, 6) is -0.0380. The van der Waals surface area contributed by atoms with Gasteiger partial charge in [0.25, 0.3) is 0 Å². The molecule has 1 aromatic rings. The standard InChI is InChI=1S/C14H18BrFO3/c1-9-3-4-11(16)12(7-9)19-13-8-10(15)14(13)18-6-5-17-2/h3-4,7,10,13-14H,5-6,8H2,1-2H3. The van der Waals surface area contributed by atoms with Crippen molar-refractivity contribution in [2.45, 2.75) is 30.4 Å². The molecule has 0 heterocycles. The van der Waals surface area contributed by atoms with Gasteiger partial charge in [-0.15, -0.1) is 0 Å². The van der Waals surface area contributed by atoms with E-state index in [0.717, 1.165) is 12.0 Å². The van der Waals surface area contributed by atoms with Crippen LogP contribution in [0.4, 0.5) is 4.39 Å². The van der Waals surface area contributed by atoms with Gasteiger partial charge in [-0.25, -0.2) is 4.39 Å². The largest absolute Gasteiger partial charge is 0.485 e. The first kappa shape index (κ1) is 14.8. The first-order valence-corrected chi connectivity index (χ1v) is 7.21. The molecular weight excluding hydrogens is 315 g/mol. The van der Waals surface area contributed by atoms with Gasteiger partial charge in [-0.1, -0.05) is 22.0 Å². The van der Waals surface area contributed by atoms with Crippen molar-refractivity contribution in [3.63, 3.8) is 0 Å². The van der Waals surface area contributed by atoms with Crippen LogP contribution < -0.4 is 4.74 Å². The summed E-state index contributed by atoms with van der Waals surface area (Å²) >= 11 is 3.53. The fourth-order valence-electron chi connectivity index (χ4n) is 1.99. The van der Waals surface area contributed by atoms with Gasteiger partial charge in [-0.2, -0.15) is 0 Å². The van der Waals surface area contributed by atoms with Crippen LogP contribution in [-0.2, 0) is 9.47 Å². The monoisotopic (exact) mass is 332 g/mol. The second-order valence-corrected chi connectivity index (χ2v) is 5.85. The third-order valence-electron chi connectivity index (χ3n) is 3.14. The average Bonchev–Trinajstić information content (AvgIpc) is 2.38. The molecule has 1 saturated carbocycles. The lowest BCUT2D eigenvalue weighted by Crippen LogP contribution is -2.52. The minimum atomic E-state index is -0.334. The molecule has 0 radical (unpaired) electrons. The molecule has 0 N–H and O–H groups in total. The Morgan fingerprint density at radius 3 is 2.84 bits per heavy atom. The zero-order valence-electron chi connectivity index (χ0n) is 11.1. The van der Waals surface area contributed by atoms with E-state index in [9.17, 15) is 4.39 Å². The molecule has 0 aromatic heterocycles. The molecule has 5 heteroatoms. The minimum Gasteiger partial charge on any atom is -0.485 e. The number of halogens is 2. The molecule has 3 unspecified atom stereocenters. The van der Waals surface area contributed by atoms with Gasteiger partial charge >= 0.3 is 0 Å². The number of benzene rings is 1. The van der Waals surface area contributed by atoms with Crippen LogP contribution in [0.1, 0.15) is 12.0 Å². The van der Waals surface area contributed by atoms with Crippen molar-refractivity contribution >= 4 is 15.9 Å². The maximum atomic E-state index is 13.6. The molecule has 0 amide bonds. The Bertz CT molecular complexity index is 427. The lowest BCUT2D eigenvalue weighted by atomic mass is 9.91. The topological polar surface area (TPSA) is 27.7 Å². The Morgan fingerprint density at radius 2 is 2.16 bits per heavy atom. The van der Waals surface area contributed by atoms with E-state index >= 15 is 0 Å². The average molecular weight is 333 g/mol. The van der Waals surface area contributed by atoms with Crippen LogP contribution in [0.15, 0.2) is 18.2 Å². The van der Waals surface area contributed by atoms with Crippen LogP contribution in [0.25, 0.3) is 0 Å². The highest BCUT2D eigenvalue weighted by molar-refractivity contribution is 9.09. The maximum Gasteiger partial charge on any atom is 0.165 e. The van der Waals surface area contributed by atoms with Gasteiger partial charge < -0.3 is 14.2 Å². The fraction of sp³-hybridized carbons (Fsp3) is 0.571. The number of ether oxygens (including phenoxy) is 3. The fourth-order valence-corrected chi connectivity index (χ4v) is 2.85. The van der Waals surface area contributed by atoms with Crippen molar-refractivity contribution in [1.82, 2.24) is 0 Å². The highest BCUT2D eigenvalue weighted by Gasteiger charge is 2.42. The lowest BCUT2D eigenvalue weighted by Gasteiger charge is -2.40. The lowest BCUT2D eigenvalue weighted by molar-refractivity contribution is -0.0874. The van der Waals surface area contributed by atoms with Gasteiger partial charge in [0.1, 0.15) is 12.2 Å².